The minimum Gasteiger partial charge on any atom is -0.508 e. The van der Waals surface area contributed by atoms with Crippen LogP contribution < -0.4 is 9.47 Å². The lowest BCUT2D eigenvalue weighted by molar-refractivity contribution is 0.168. The van der Waals surface area contributed by atoms with Gasteiger partial charge in [-0.1, -0.05) is 25.5 Å². The van der Waals surface area contributed by atoms with E-state index in [1.807, 2.05) is 31.2 Å². The summed E-state index contributed by atoms with van der Waals surface area (Å²) >= 11 is 0. The first-order chi connectivity index (χ1) is 17.8. The van der Waals surface area contributed by atoms with E-state index in [1.165, 1.54) is 18.9 Å². The lowest BCUT2D eigenvalue weighted by Gasteiger charge is -2.31. The van der Waals surface area contributed by atoms with Crippen LogP contribution in [0.5, 0.6) is 23.0 Å². The number of hydrogen-bond donors (Lipinski definition) is 2. The minimum absolute atomic E-state index is 0.112. The Balaban J connectivity index is 1.40. The van der Waals surface area contributed by atoms with E-state index in [1.54, 1.807) is 24.3 Å². The van der Waals surface area contributed by atoms with Crippen molar-refractivity contribution < 1.29 is 24.1 Å². The molecule has 3 aromatic carbocycles. The number of ether oxygens (including phenoxy) is 2. The summed E-state index contributed by atoms with van der Waals surface area (Å²) in [5.41, 5.74) is 3.36. The third-order valence-electron chi connectivity index (χ3n) is 7.71. The number of benzene rings is 3. The van der Waals surface area contributed by atoms with E-state index < -0.39 is 11.9 Å². The molecule has 5 rings (SSSR count). The highest BCUT2D eigenvalue weighted by atomic mass is 19.1. The van der Waals surface area contributed by atoms with Crippen LogP contribution in [0.3, 0.4) is 0 Å². The number of likely N-dealkylation sites (tertiary alicyclic amines) is 1. The molecule has 0 aliphatic carbocycles. The fourth-order valence-corrected chi connectivity index (χ4v) is 5.40. The maximum Gasteiger partial charge on any atom is 0.150 e. The minimum atomic E-state index is -0.570. The molecule has 0 bridgehead atoms. The van der Waals surface area contributed by atoms with E-state index in [4.69, 9.17) is 9.47 Å². The molecule has 0 aromatic heterocycles. The molecule has 2 aliphatic rings. The molecule has 37 heavy (non-hydrogen) atoms. The highest BCUT2D eigenvalue weighted by Gasteiger charge is 2.31. The Morgan fingerprint density at radius 3 is 2.46 bits per heavy atom. The average Bonchev–Trinajstić information content (AvgIpc) is 3.38. The van der Waals surface area contributed by atoms with Crippen molar-refractivity contribution in [2.45, 2.75) is 45.8 Å². The van der Waals surface area contributed by atoms with Gasteiger partial charge in [0.1, 0.15) is 41.5 Å². The van der Waals surface area contributed by atoms with Crippen molar-refractivity contribution in [3.8, 4) is 23.0 Å². The molecule has 1 saturated heterocycles. The van der Waals surface area contributed by atoms with Crippen LogP contribution in [-0.2, 0) is 0 Å². The van der Waals surface area contributed by atoms with Gasteiger partial charge in [-0.3, -0.25) is 4.90 Å². The molecular formula is C31H34FNO4. The smallest absolute Gasteiger partial charge is 0.150 e. The predicted molar refractivity (Wildman–Crippen MR) is 143 cm³/mol. The Bertz CT molecular complexity index is 1300. The van der Waals surface area contributed by atoms with Gasteiger partial charge in [0.25, 0.3) is 0 Å². The van der Waals surface area contributed by atoms with Crippen molar-refractivity contribution in [2.24, 2.45) is 5.92 Å². The van der Waals surface area contributed by atoms with Crippen molar-refractivity contribution in [1.29, 1.82) is 0 Å². The Kier molecular flexibility index (Phi) is 7.11. The number of phenolic OH excluding ortho intramolecular Hbond substituents is 2. The zero-order valence-electron chi connectivity index (χ0n) is 21.6. The molecular weight excluding hydrogens is 469 g/mol. The Morgan fingerprint density at radius 2 is 1.76 bits per heavy atom. The third kappa shape index (κ3) is 5.16. The van der Waals surface area contributed by atoms with Crippen molar-refractivity contribution in [2.75, 3.05) is 19.7 Å². The number of aromatic hydroxyl groups is 2. The summed E-state index contributed by atoms with van der Waals surface area (Å²) < 4.78 is 27.5. The summed E-state index contributed by atoms with van der Waals surface area (Å²) in [6.45, 7) is 9.26. The zero-order valence-corrected chi connectivity index (χ0v) is 21.6. The summed E-state index contributed by atoms with van der Waals surface area (Å²) in [5.74, 6) is 1.62. The van der Waals surface area contributed by atoms with Gasteiger partial charge in [0.05, 0.1) is 0 Å². The van der Waals surface area contributed by atoms with E-state index in [9.17, 15) is 10.2 Å². The number of fused-ring (bicyclic) bond motifs is 1. The van der Waals surface area contributed by atoms with E-state index >= 15 is 4.39 Å². The first kappa shape index (κ1) is 25.2. The number of nitrogens with zero attached hydrogens (tertiary/aromatic N) is 1. The van der Waals surface area contributed by atoms with E-state index in [-0.39, 0.29) is 11.5 Å². The maximum absolute atomic E-state index is 15.0. The number of rotatable bonds is 7. The molecule has 0 saturated carbocycles. The molecule has 5 nitrogen and oxygen atoms in total. The van der Waals surface area contributed by atoms with Gasteiger partial charge in [-0.2, -0.15) is 0 Å². The lowest BCUT2D eigenvalue weighted by atomic mass is 9.86. The highest BCUT2D eigenvalue weighted by molar-refractivity contribution is 5.95. The lowest BCUT2D eigenvalue weighted by Crippen LogP contribution is -2.35. The summed E-state index contributed by atoms with van der Waals surface area (Å²) in [6.07, 6.45) is 1.92. The fraction of sp³-hybridized carbons (Fsp3) is 0.355. The molecule has 0 amide bonds. The maximum atomic E-state index is 15.0. The highest BCUT2D eigenvalue weighted by Crippen LogP contribution is 2.48. The van der Waals surface area contributed by atoms with Crippen molar-refractivity contribution >= 4 is 11.1 Å². The SMILES string of the molecule is CC[C@@H]1CCN([C@@H](C)COc2ccc(C3Oc4ccc(O)cc4C(C)=C3c3ccc(O)cc3F)cc2)C1. The molecule has 1 unspecified atom stereocenters. The molecule has 2 N–H and O–H groups in total. The second-order valence-corrected chi connectivity index (χ2v) is 10.2. The number of hydrogen-bond acceptors (Lipinski definition) is 5. The summed E-state index contributed by atoms with van der Waals surface area (Å²) in [7, 11) is 0. The third-order valence-corrected chi connectivity index (χ3v) is 7.71. The van der Waals surface area contributed by atoms with Crippen molar-refractivity contribution in [1.82, 2.24) is 4.90 Å². The first-order valence-corrected chi connectivity index (χ1v) is 13.0. The van der Waals surface area contributed by atoms with Gasteiger partial charge in [-0.15, -0.1) is 0 Å². The number of allylic oxidation sites excluding steroid dienone is 1. The van der Waals surface area contributed by atoms with E-state index in [2.05, 4.69) is 18.7 Å². The standard InChI is InChI=1S/C31H34FNO4/c1-4-21-13-14-33(17-21)19(2)18-36-25-9-5-22(6-10-25)31-30(26-11-7-24(35)16-28(26)32)20(3)27-15-23(34)8-12-29(27)37-31/h5-12,15-16,19,21,31,34-35H,4,13-14,17-18H2,1-3H3/t19-,21+,31?/m0/s1. The van der Waals surface area contributed by atoms with Crippen LogP contribution in [0, 0.1) is 11.7 Å². The Labute approximate surface area is 217 Å². The molecule has 2 aliphatic heterocycles. The van der Waals surface area contributed by atoms with Crippen LogP contribution in [0.15, 0.2) is 60.7 Å². The zero-order chi connectivity index (χ0) is 26.1. The Hall–Kier alpha value is -3.51. The van der Waals surface area contributed by atoms with Crippen LogP contribution in [0.4, 0.5) is 4.39 Å². The van der Waals surface area contributed by atoms with Crippen molar-refractivity contribution in [3.63, 3.8) is 0 Å². The molecule has 3 atom stereocenters. The fourth-order valence-electron chi connectivity index (χ4n) is 5.40. The summed E-state index contributed by atoms with van der Waals surface area (Å²) in [6, 6.07) is 17.2. The van der Waals surface area contributed by atoms with Gasteiger partial charge in [0, 0.05) is 35.4 Å². The van der Waals surface area contributed by atoms with Gasteiger partial charge in [0.2, 0.25) is 0 Å². The van der Waals surface area contributed by atoms with Gasteiger partial charge < -0.3 is 19.7 Å². The van der Waals surface area contributed by atoms with Crippen LogP contribution in [0.1, 0.15) is 56.4 Å². The van der Waals surface area contributed by atoms with Crippen LogP contribution in [0.25, 0.3) is 11.1 Å². The van der Waals surface area contributed by atoms with Crippen LogP contribution >= 0.6 is 0 Å². The topological polar surface area (TPSA) is 62.2 Å². The number of halogens is 1. The monoisotopic (exact) mass is 503 g/mol. The number of phenols is 2. The molecule has 1 fully saturated rings. The van der Waals surface area contributed by atoms with Gasteiger partial charge in [0.15, 0.2) is 0 Å². The van der Waals surface area contributed by atoms with E-state index in [0.717, 1.165) is 42.0 Å². The molecule has 194 valence electrons. The van der Waals surface area contributed by atoms with Crippen LogP contribution in [-0.4, -0.2) is 40.9 Å². The second kappa shape index (κ2) is 10.5. The first-order valence-electron chi connectivity index (χ1n) is 13.0. The molecule has 6 heteroatoms. The molecule has 2 heterocycles. The van der Waals surface area contributed by atoms with E-state index in [0.29, 0.717) is 35.1 Å². The molecule has 0 spiro atoms. The normalized spacial score (nSPS) is 20.4. The van der Waals surface area contributed by atoms with Crippen molar-refractivity contribution in [3.05, 3.63) is 83.2 Å². The van der Waals surface area contributed by atoms with Crippen LogP contribution in [0.2, 0.25) is 0 Å². The summed E-state index contributed by atoms with van der Waals surface area (Å²) in [4.78, 5) is 2.50. The quantitative estimate of drug-likeness (QED) is 0.371. The van der Waals surface area contributed by atoms with Gasteiger partial charge >= 0.3 is 0 Å². The second-order valence-electron chi connectivity index (χ2n) is 10.2. The largest absolute Gasteiger partial charge is 0.508 e. The molecule has 0 radical (unpaired) electrons. The Morgan fingerprint density at radius 1 is 1.03 bits per heavy atom. The predicted octanol–water partition coefficient (Wildman–Crippen LogP) is 6.80. The summed E-state index contributed by atoms with van der Waals surface area (Å²) in [5, 5.41) is 19.8. The van der Waals surface area contributed by atoms with Gasteiger partial charge in [-0.25, -0.2) is 4.39 Å². The average molecular weight is 504 g/mol. The molecule has 3 aromatic rings. The van der Waals surface area contributed by atoms with Gasteiger partial charge in [-0.05, 0) is 86.3 Å².